The molecule has 2 amide bonds. The van der Waals surface area contributed by atoms with Gasteiger partial charge >= 0.3 is 0 Å². The second-order valence-corrected chi connectivity index (χ2v) is 8.38. The summed E-state index contributed by atoms with van der Waals surface area (Å²) in [4.78, 5) is 26.8. The molecule has 0 bridgehead atoms. The van der Waals surface area contributed by atoms with Crippen molar-refractivity contribution in [3.63, 3.8) is 0 Å². The van der Waals surface area contributed by atoms with Gasteiger partial charge in [0.05, 0.1) is 18.1 Å². The molecule has 1 aromatic carbocycles. The molecular weight excluding hydrogens is 392 g/mol. The van der Waals surface area contributed by atoms with Gasteiger partial charge in [0.25, 0.3) is 0 Å². The molecule has 2 saturated heterocycles. The molecule has 1 aromatic rings. The average Bonchev–Trinajstić information content (AvgIpc) is 3.34. The fraction of sp³-hybridized carbons (Fsp3) is 0.636. The highest BCUT2D eigenvalue weighted by atomic mass is 19.1. The van der Waals surface area contributed by atoms with Gasteiger partial charge in [-0.05, 0) is 49.9 Å². The van der Waals surface area contributed by atoms with E-state index in [2.05, 4.69) is 10.6 Å². The Hall–Kier alpha value is -2.06. The smallest absolute Gasteiger partial charge is 0.225 e. The first-order chi connectivity index (χ1) is 14.4. The molecule has 0 radical (unpaired) electrons. The van der Waals surface area contributed by atoms with Crippen LogP contribution in [-0.4, -0.2) is 59.6 Å². The lowest BCUT2D eigenvalue weighted by Gasteiger charge is -2.29. The summed E-state index contributed by atoms with van der Waals surface area (Å²) in [6, 6.07) is 2.31. The molecule has 2 fully saturated rings. The first-order valence-electron chi connectivity index (χ1n) is 10.8. The predicted octanol–water partition coefficient (Wildman–Crippen LogP) is 1.75. The van der Waals surface area contributed by atoms with Gasteiger partial charge < -0.3 is 20.6 Å². The molecule has 0 aliphatic carbocycles. The predicted molar refractivity (Wildman–Crippen MR) is 109 cm³/mol. The van der Waals surface area contributed by atoms with E-state index in [-0.39, 0.29) is 30.7 Å². The number of carbonyl (C=O) groups excluding carboxylic acids is 2. The third-order valence-electron chi connectivity index (χ3n) is 6.00. The van der Waals surface area contributed by atoms with Crippen LogP contribution in [0.4, 0.5) is 8.78 Å². The lowest BCUT2D eigenvalue weighted by Crippen LogP contribution is -2.53. The molecular formula is C22H31F2N3O3. The van der Waals surface area contributed by atoms with Crippen LogP contribution in [0.5, 0.6) is 0 Å². The van der Waals surface area contributed by atoms with Gasteiger partial charge in [-0.15, -0.1) is 0 Å². The summed E-state index contributed by atoms with van der Waals surface area (Å²) in [5.41, 5.74) is 0.363. The average molecular weight is 424 g/mol. The maximum atomic E-state index is 13.6. The molecule has 6 nitrogen and oxygen atoms in total. The van der Waals surface area contributed by atoms with Crippen LogP contribution in [0.1, 0.15) is 44.6 Å². The van der Waals surface area contributed by atoms with Crippen molar-refractivity contribution in [1.29, 1.82) is 0 Å². The molecule has 4 atom stereocenters. The molecule has 0 unspecified atom stereocenters. The Bertz CT molecular complexity index is 735. The molecule has 8 heteroatoms. The Kier molecular flexibility index (Phi) is 7.77. The molecule has 2 aliphatic heterocycles. The van der Waals surface area contributed by atoms with E-state index in [1.165, 1.54) is 12.1 Å². The number of hydrogen-bond donors (Lipinski definition) is 3. The van der Waals surface area contributed by atoms with E-state index in [4.69, 9.17) is 0 Å². The van der Waals surface area contributed by atoms with Crippen molar-refractivity contribution < 1.29 is 23.5 Å². The molecule has 0 saturated carbocycles. The van der Waals surface area contributed by atoms with Crippen molar-refractivity contribution in [2.75, 3.05) is 19.6 Å². The zero-order valence-corrected chi connectivity index (χ0v) is 17.4. The number of aliphatic hydroxyl groups excluding tert-OH is 1. The van der Waals surface area contributed by atoms with E-state index in [1.54, 1.807) is 4.90 Å². The Morgan fingerprint density at radius 1 is 1.33 bits per heavy atom. The van der Waals surface area contributed by atoms with Crippen molar-refractivity contribution in [3.05, 3.63) is 35.4 Å². The number of amides is 2. The SMILES string of the molecule is CCCCN1C[C@H](C(=O)N[C@@H](Cc2cc(F)cc(F)c2)[C@H](O)[C@H]2CCCN2)CC1=O. The number of halogens is 2. The number of aliphatic hydroxyl groups is 1. The van der Waals surface area contributed by atoms with E-state index in [0.717, 1.165) is 38.3 Å². The van der Waals surface area contributed by atoms with Crippen LogP contribution in [0, 0.1) is 17.6 Å². The zero-order valence-electron chi connectivity index (χ0n) is 17.4. The molecule has 0 aromatic heterocycles. The summed E-state index contributed by atoms with van der Waals surface area (Å²) < 4.78 is 27.3. The van der Waals surface area contributed by atoms with Crippen molar-refractivity contribution in [2.24, 2.45) is 5.92 Å². The number of hydrogen-bond acceptors (Lipinski definition) is 4. The standard InChI is InChI=1S/C22H31F2N3O3/c1-2-3-7-27-13-15(11-20(27)28)22(30)26-19(21(29)18-5-4-6-25-18)10-14-8-16(23)12-17(24)9-14/h8-9,12,15,18-19,21,25,29H,2-7,10-11,13H2,1H3,(H,26,30)/t15-,18-,19+,21-/m1/s1. The summed E-state index contributed by atoms with van der Waals surface area (Å²) >= 11 is 0. The normalized spacial score (nSPS) is 23.6. The van der Waals surface area contributed by atoms with Crippen molar-refractivity contribution >= 4 is 11.8 Å². The highest BCUT2D eigenvalue weighted by Crippen LogP contribution is 2.21. The topological polar surface area (TPSA) is 81.7 Å². The maximum absolute atomic E-state index is 13.6. The monoisotopic (exact) mass is 423 g/mol. The van der Waals surface area contributed by atoms with E-state index in [9.17, 15) is 23.5 Å². The van der Waals surface area contributed by atoms with E-state index in [1.807, 2.05) is 6.92 Å². The molecule has 166 valence electrons. The molecule has 2 heterocycles. The third kappa shape index (κ3) is 5.76. The summed E-state index contributed by atoms with van der Waals surface area (Å²) in [6.07, 6.45) is 2.87. The summed E-state index contributed by atoms with van der Waals surface area (Å²) in [6.45, 7) is 3.83. The largest absolute Gasteiger partial charge is 0.389 e. The Labute approximate surface area is 176 Å². The van der Waals surface area contributed by atoms with Gasteiger partial charge in [-0.25, -0.2) is 8.78 Å². The second kappa shape index (κ2) is 10.3. The molecule has 2 aliphatic rings. The molecule has 30 heavy (non-hydrogen) atoms. The van der Waals surface area contributed by atoms with Gasteiger partial charge in [-0.1, -0.05) is 13.3 Å². The first kappa shape index (κ1) is 22.6. The Morgan fingerprint density at radius 2 is 2.07 bits per heavy atom. The van der Waals surface area contributed by atoms with Crippen molar-refractivity contribution in [1.82, 2.24) is 15.5 Å². The Balaban J connectivity index is 1.70. The number of likely N-dealkylation sites (tertiary alicyclic amines) is 1. The number of benzene rings is 1. The van der Waals surface area contributed by atoms with E-state index < -0.39 is 29.7 Å². The van der Waals surface area contributed by atoms with Gasteiger partial charge in [0.1, 0.15) is 11.6 Å². The molecule has 0 spiro atoms. The minimum absolute atomic E-state index is 0.0367. The number of unbranched alkanes of at least 4 members (excludes halogenated alkanes) is 1. The highest BCUT2D eigenvalue weighted by Gasteiger charge is 2.37. The van der Waals surface area contributed by atoms with Gasteiger partial charge in [0.2, 0.25) is 11.8 Å². The summed E-state index contributed by atoms with van der Waals surface area (Å²) in [5.74, 6) is -2.22. The minimum atomic E-state index is -0.906. The number of carbonyl (C=O) groups is 2. The minimum Gasteiger partial charge on any atom is -0.389 e. The number of nitrogens with zero attached hydrogens (tertiary/aromatic N) is 1. The van der Waals surface area contributed by atoms with Crippen molar-refractivity contribution in [2.45, 2.75) is 63.6 Å². The third-order valence-corrected chi connectivity index (χ3v) is 6.00. The quantitative estimate of drug-likeness (QED) is 0.565. The van der Waals surface area contributed by atoms with Gasteiger partial charge in [0, 0.05) is 31.6 Å². The Morgan fingerprint density at radius 3 is 2.70 bits per heavy atom. The first-order valence-corrected chi connectivity index (χ1v) is 10.8. The van der Waals surface area contributed by atoms with Crippen LogP contribution >= 0.6 is 0 Å². The van der Waals surface area contributed by atoms with E-state index in [0.29, 0.717) is 18.7 Å². The summed E-state index contributed by atoms with van der Waals surface area (Å²) in [5, 5.41) is 17.0. The highest BCUT2D eigenvalue weighted by molar-refractivity contribution is 5.89. The van der Waals surface area contributed by atoms with Gasteiger partial charge in [-0.2, -0.15) is 0 Å². The molecule has 3 rings (SSSR count). The fourth-order valence-electron chi connectivity index (χ4n) is 4.34. The van der Waals surface area contributed by atoms with Crippen LogP contribution < -0.4 is 10.6 Å². The van der Waals surface area contributed by atoms with Crippen LogP contribution in [0.3, 0.4) is 0 Å². The van der Waals surface area contributed by atoms with Crippen LogP contribution in [0.2, 0.25) is 0 Å². The summed E-state index contributed by atoms with van der Waals surface area (Å²) in [7, 11) is 0. The van der Waals surface area contributed by atoms with Crippen LogP contribution in [0.25, 0.3) is 0 Å². The lowest BCUT2D eigenvalue weighted by molar-refractivity contribution is -0.129. The number of nitrogens with one attached hydrogen (secondary N) is 2. The van der Waals surface area contributed by atoms with Crippen LogP contribution in [-0.2, 0) is 16.0 Å². The van der Waals surface area contributed by atoms with Gasteiger partial charge in [-0.3, -0.25) is 9.59 Å². The van der Waals surface area contributed by atoms with Crippen molar-refractivity contribution in [3.8, 4) is 0 Å². The lowest BCUT2D eigenvalue weighted by atomic mass is 9.94. The van der Waals surface area contributed by atoms with Crippen LogP contribution in [0.15, 0.2) is 18.2 Å². The fourth-order valence-corrected chi connectivity index (χ4v) is 4.34. The second-order valence-electron chi connectivity index (χ2n) is 8.38. The zero-order chi connectivity index (χ0) is 21.7. The molecule has 3 N–H and O–H groups in total. The number of rotatable bonds is 9. The van der Waals surface area contributed by atoms with E-state index >= 15 is 0 Å². The van der Waals surface area contributed by atoms with Gasteiger partial charge in [0.15, 0.2) is 0 Å². The maximum Gasteiger partial charge on any atom is 0.225 e.